The number of imide groups is 1. The van der Waals surface area contributed by atoms with E-state index in [0.717, 1.165) is 19.4 Å². The summed E-state index contributed by atoms with van der Waals surface area (Å²) < 4.78 is 0. The van der Waals surface area contributed by atoms with Gasteiger partial charge in [0.15, 0.2) is 0 Å². The van der Waals surface area contributed by atoms with Gasteiger partial charge in [0.25, 0.3) is 0 Å². The summed E-state index contributed by atoms with van der Waals surface area (Å²) in [4.78, 5) is 25.1. The first kappa shape index (κ1) is 19.9. The zero-order valence-corrected chi connectivity index (χ0v) is 14.1. The van der Waals surface area contributed by atoms with Crippen LogP contribution < -0.4 is 16.4 Å². The second-order valence-corrected chi connectivity index (χ2v) is 6.42. The second-order valence-electron chi connectivity index (χ2n) is 6.42. The van der Waals surface area contributed by atoms with Gasteiger partial charge in [-0.2, -0.15) is 0 Å². The summed E-state index contributed by atoms with van der Waals surface area (Å²) in [6.45, 7) is 9.85. The van der Waals surface area contributed by atoms with Crippen LogP contribution in [0.3, 0.4) is 0 Å². The fraction of sp³-hybridized carbons (Fsp3) is 0.867. The molecule has 6 heteroatoms. The number of carbonyl (C=O) groups excluding carboxylic acids is 2. The highest BCUT2D eigenvalue weighted by Crippen LogP contribution is 2.03. The van der Waals surface area contributed by atoms with Gasteiger partial charge in [0.1, 0.15) is 0 Å². The third-order valence-electron chi connectivity index (χ3n) is 3.37. The summed E-state index contributed by atoms with van der Waals surface area (Å²) in [5.74, 6) is 0.661. The van der Waals surface area contributed by atoms with Crippen LogP contribution in [0.5, 0.6) is 0 Å². The maximum Gasteiger partial charge on any atom is 0.321 e. The van der Waals surface area contributed by atoms with Crippen LogP contribution in [0.1, 0.15) is 40.5 Å². The maximum absolute atomic E-state index is 11.7. The summed E-state index contributed by atoms with van der Waals surface area (Å²) in [6, 6.07) is -0.289. The average Bonchev–Trinajstić information content (AvgIpc) is 2.34. The van der Waals surface area contributed by atoms with Gasteiger partial charge >= 0.3 is 6.03 Å². The lowest BCUT2D eigenvalue weighted by molar-refractivity contribution is -0.120. The van der Waals surface area contributed by atoms with Crippen molar-refractivity contribution < 1.29 is 9.59 Å². The highest BCUT2D eigenvalue weighted by molar-refractivity contribution is 5.95. The fourth-order valence-electron chi connectivity index (χ4n) is 1.71. The summed E-state index contributed by atoms with van der Waals surface area (Å²) in [5.41, 5.74) is 5.96. The van der Waals surface area contributed by atoms with E-state index in [9.17, 15) is 9.59 Å². The average molecular weight is 300 g/mol. The molecule has 4 N–H and O–H groups in total. The van der Waals surface area contributed by atoms with Crippen LogP contribution in [-0.4, -0.2) is 49.6 Å². The molecule has 0 heterocycles. The van der Waals surface area contributed by atoms with Crippen molar-refractivity contribution in [2.24, 2.45) is 17.6 Å². The Labute approximate surface area is 128 Å². The van der Waals surface area contributed by atoms with Crippen LogP contribution >= 0.6 is 0 Å². The molecule has 0 radical (unpaired) electrons. The standard InChI is InChI=1S/C15H32N4O2/c1-11(2)6-8-17-15(21)18-14(20)10-19(5)9-7-13(16)12(3)4/h11-13H,6-10,16H2,1-5H3,(H2,17,18,20,21). The number of nitrogens with two attached hydrogens (primary N) is 1. The number of hydrogen-bond donors (Lipinski definition) is 3. The molecule has 0 saturated heterocycles. The Bertz CT molecular complexity index is 319. The molecule has 0 aliphatic rings. The molecule has 3 amide bonds. The summed E-state index contributed by atoms with van der Waals surface area (Å²) >= 11 is 0. The summed E-state index contributed by atoms with van der Waals surface area (Å²) in [6.07, 6.45) is 1.73. The van der Waals surface area contributed by atoms with E-state index in [4.69, 9.17) is 5.73 Å². The molecule has 0 aromatic carbocycles. The van der Waals surface area contributed by atoms with Gasteiger partial charge in [0.2, 0.25) is 5.91 Å². The Balaban J connectivity index is 3.84. The van der Waals surface area contributed by atoms with Crippen LogP contribution in [0.2, 0.25) is 0 Å². The lowest BCUT2D eigenvalue weighted by Gasteiger charge is -2.20. The third-order valence-corrected chi connectivity index (χ3v) is 3.37. The molecule has 0 bridgehead atoms. The van der Waals surface area contributed by atoms with Crippen LogP contribution in [0.15, 0.2) is 0 Å². The van der Waals surface area contributed by atoms with Gasteiger partial charge in [-0.25, -0.2) is 4.79 Å². The van der Waals surface area contributed by atoms with Gasteiger partial charge in [-0.05, 0) is 38.3 Å². The molecule has 0 aliphatic heterocycles. The van der Waals surface area contributed by atoms with Crippen LogP contribution in [0.25, 0.3) is 0 Å². The minimum absolute atomic E-state index is 0.134. The Morgan fingerprint density at radius 3 is 2.29 bits per heavy atom. The zero-order chi connectivity index (χ0) is 16.4. The van der Waals surface area contributed by atoms with Crippen LogP contribution in [0.4, 0.5) is 4.79 Å². The van der Waals surface area contributed by atoms with E-state index in [-0.39, 0.29) is 18.5 Å². The van der Waals surface area contributed by atoms with E-state index in [1.165, 1.54) is 0 Å². The van der Waals surface area contributed by atoms with Crippen molar-refractivity contribution >= 4 is 11.9 Å². The van der Waals surface area contributed by atoms with Gasteiger partial charge in [0.05, 0.1) is 6.54 Å². The van der Waals surface area contributed by atoms with Gasteiger partial charge in [-0.15, -0.1) is 0 Å². The molecule has 0 saturated carbocycles. The number of carbonyl (C=O) groups is 2. The van der Waals surface area contributed by atoms with Crippen molar-refractivity contribution in [2.75, 3.05) is 26.7 Å². The fourth-order valence-corrected chi connectivity index (χ4v) is 1.71. The highest BCUT2D eigenvalue weighted by atomic mass is 16.2. The van der Waals surface area contributed by atoms with Crippen molar-refractivity contribution in [1.82, 2.24) is 15.5 Å². The number of nitrogens with zero attached hydrogens (tertiary/aromatic N) is 1. The van der Waals surface area contributed by atoms with Crippen molar-refractivity contribution in [1.29, 1.82) is 0 Å². The number of likely N-dealkylation sites (N-methyl/N-ethyl adjacent to an activating group) is 1. The minimum Gasteiger partial charge on any atom is -0.338 e. The summed E-state index contributed by atoms with van der Waals surface area (Å²) in [7, 11) is 1.85. The smallest absolute Gasteiger partial charge is 0.321 e. The SMILES string of the molecule is CC(C)CCNC(=O)NC(=O)CN(C)CCC(N)C(C)C. The first-order valence-electron chi connectivity index (χ1n) is 7.74. The Kier molecular flexibility index (Phi) is 9.99. The van der Waals surface area contributed by atoms with E-state index < -0.39 is 6.03 Å². The van der Waals surface area contributed by atoms with E-state index in [1.807, 2.05) is 11.9 Å². The predicted molar refractivity (Wildman–Crippen MR) is 85.9 cm³/mol. The highest BCUT2D eigenvalue weighted by Gasteiger charge is 2.12. The zero-order valence-electron chi connectivity index (χ0n) is 14.1. The van der Waals surface area contributed by atoms with Gasteiger partial charge < -0.3 is 11.1 Å². The predicted octanol–water partition coefficient (Wildman–Crippen LogP) is 1.16. The lowest BCUT2D eigenvalue weighted by Crippen LogP contribution is -2.44. The van der Waals surface area contributed by atoms with Crippen LogP contribution in [0, 0.1) is 11.8 Å². The molecule has 6 nitrogen and oxygen atoms in total. The van der Waals surface area contributed by atoms with E-state index in [0.29, 0.717) is 18.4 Å². The van der Waals surface area contributed by atoms with Gasteiger partial charge in [0, 0.05) is 12.6 Å². The molecule has 0 aromatic rings. The number of urea groups is 1. The minimum atomic E-state index is -0.423. The molecular formula is C15H32N4O2. The Hall–Kier alpha value is -1.14. The lowest BCUT2D eigenvalue weighted by atomic mass is 10.0. The Morgan fingerprint density at radius 1 is 1.14 bits per heavy atom. The van der Waals surface area contributed by atoms with Crippen molar-refractivity contribution in [2.45, 2.75) is 46.6 Å². The number of hydrogen-bond acceptors (Lipinski definition) is 4. The van der Waals surface area contributed by atoms with E-state index in [1.54, 1.807) is 0 Å². The van der Waals surface area contributed by atoms with Crippen molar-refractivity contribution in [3.05, 3.63) is 0 Å². The largest absolute Gasteiger partial charge is 0.338 e. The van der Waals surface area contributed by atoms with Crippen molar-refractivity contribution in [3.63, 3.8) is 0 Å². The molecule has 0 fully saturated rings. The molecule has 124 valence electrons. The third kappa shape index (κ3) is 11.2. The number of rotatable bonds is 9. The molecule has 0 rings (SSSR count). The molecule has 1 atom stereocenters. The molecule has 21 heavy (non-hydrogen) atoms. The molecule has 1 unspecified atom stereocenters. The second kappa shape index (κ2) is 10.6. The maximum atomic E-state index is 11.7. The van der Waals surface area contributed by atoms with Crippen molar-refractivity contribution in [3.8, 4) is 0 Å². The number of nitrogens with one attached hydrogen (secondary N) is 2. The normalized spacial score (nSPS) is 12.8. The molecule has 0 spiro atoms. The summed E-state index contributed by atoms with van der Waals surface area (Å²) in [5, 5.41) is 5.01. The van der Waals surface area contributed by atoms with Crippen LogP contribution in [-0.2, 0) is 4.79 Å². The molecule has 0 aliphatic carbocycles. The van der Waals surface area contributed by atoms with Gasteiger partial charge in [-0.1, -0.05) is 27.7 Å². The van der Waals surface area contributed by atoms with Gasteiger partial charge in [-0.3, -0.25) is 15.0 Å². The number of amides is 3. The van der Waals surface area contributed by atoms with E-state index >= 15 is 0 Å². The molecule has 0 aromatic heterocycles. The quantitative estimate of drug-likeness (QED) is 0.596. The monoisotopic (exact) mass is 300 g/mol. The molecular weight excluding hydrogens is 268 g/mol. The Morgan fingerprint density at radius 2 is 1.76 bits per heavy atom. The first-order valence-corrected chi connectivity index (χ1v) is 7.74. The van der Waals surface area contributed by atoms with E-state index in [2.05, 4.69) is 38.3 Å². The topological polar surface area (TPSA) is 87.5 Å². The first-order chi connectivity index (χ1) is 9.72.